The Bertz CT molecular complexity index is 325. The molecular formula is C9H9BrO2S. The van der Waals surface area contributed by atoms with Crippen LogP contribution < -0.4 is 4.74 Å². The van der Waals surface area contributed by atoms with E-state index in [1.54, 1.807) is 19.2 Å². The second kappa shape index (κ2) is 4.67. The van der Waals surface area contributed by atoms with E-state index < -0.39 is 0 Å². The van der Waals surface area contributed by atoms with Crippen molar-refractivity contribution < 1.29 is 9.53 Å². The van der Waals surface area contributed by atoms with Crippen LogP contribution >= 0.6 is 28.6 Å². The number of Topliss-reactive ketones (excluding diaryl/α,β-unsaturated/α-hetero) is 1. The molecule has 0 aromatic heterocycles. The number of hydrogen-bond acceptors (Lipinski definition) is 3. The molecule has 0 fully saturated rings. The number of rotatable bonds is 3. The standard InChI is InChI=1S/C9H9BrO2S/c1-12-9-3-2-6(10)4-7(9)8(11)5-13/h2-4,13H,5H2,1H3. The van der Waals surface area contributed by atoms with Crippen molar-refractivity contribution in [3.05, 3.63) is 28.2 Å². The highest BCUT2D eigenvalue weighted by molar-refractivity contribution is 9.10. The molecule has 0 saturated carbocycles. The van der Waals surface area contributed by atoms with E-state index in [1.165, 1.54) is 0 Å². The van der Waals surface area contributed by atoms with Crippen molar-refractivity contribution in [3.8, 4) is 5.75 Å². The molecule has 0 aliphatic heterocycles. The lowest BCUT2D eigenvalue weighted by atomic mass is 10.1. The maximum Gasteiger partial charge on any atom is 0.176 e. The van der Waals surface area contributed by atoms with Gasteiger partial charge >= 0.3 is 0 Å². The first-order chi connectivity index (χ1) is 6.19. The third-order valence-corrected chi connectivity index (χ3v) is 2.39. The molecule has 0 heterocycles. The molecule has 1 aromatic rings. The van der Waals surface area contributed by atoms with E-state index >= 15 is 0 Å². The van der Waals surface area contributed by atoms with Crippen LogP contribution in [0.2, 0.25) is 0 Å². The number of carbonyl (C=O) groups is 1. The molecule has 0 radical (unpaired) electrons. The third-order valence-electron chi connectivity index (χ3n) is 1.61. The molecule has 0 unspecified atom stereocenters. The molecule has 0 bridgehead atoms. The van der Waals surface area contributed by atoms with E-state index in [1.807, 2.05) is 6.07 Å². The normalized spacial score (nSPS) is 9.77. The maximum atomic E-state index is 11.4. The van der Waals surface area contributed by atoms with Crippen LogP contribution in [-0.4, -0.2) is 18.6 Å². The maximum absolute atomic E-state index is 11.4. The van der Waals surface area contributed by atoms with Crippen molar-refractivity contribution in [2.45, 2.75) is 0 Å². The van der Waals surface area contributed by atoms with Crippen molar-refractivity contribution in [1.29, 1.82) is 0 Å². The fourth-order valence-electron chi connectivity index (χ4n) is 0.983. The van der Waals surface area contributed by atoms with Gasteiger partial charge in [0, 0.05) is 4.47 Å². The van der Waals surface area contributed by atoms with E-state index in [-0.39, 0.29) is 11.5 Å². The fourth-order valence-corrected chi connectivity index (χ4v) is 1.51. The van der Waals surface area contributed by atoms with Crippen LogP contribution in [0, 0.1) is 0 Å². The fraction of sp³-hybridized carbons (Fsp3) is 0.222. The van der Waals surface area contributed by atoms with Crippen molar-refractivity contribution in [2.75, 3.05) is 12.9 Å². The van der Waals surface area contributed by atoms with E-state index in [9.17, 15) is 4.79 Å². The topological polar surface area (TPSA) is 26.3 Å². The first kappa shape index (κ1) is 10.6. The smallest absolute Gasteiger partial charge is 0.176 e. The molecular weight excluding hydrogens is 252 g/mol. The van der Waals surface area contributed by atoms with Gasteiger partial charge in [-0.15, -0.1) is 0 Å². The predicted octanol–water partition coefficient (Wildman–Crippen LogP) is 2.57. The van der Waals surface area contributed by atoms with Crippen molar-refractivity contribution >= 4 is 34.3 Å². The van der Waals surface area contributed by atoms with Crippen LogP contribution in [-0.2, 0) is 0 Å². The van der Waals surface area contributed by atoms with E-state index in [0.29, 0.717) is 11.3 Å². The molecule has 0 aliphatic carbocycles. The Morgan fingerprint density at radius 1 is 1.62 bits per heavy atom. The Morgan fingerprint density at radius 3 is 2.85 bits per heavy atom. The molecule has 0 amide bonds. The summed E-state index contributed by atoms with van der Waals surface area (Å²) in [7, 11) is 1.54. The number of thiol groups is 1. The van der Waals surface area contributed by atoms with Gasteiger partial charge in [0.25, 0.3) is 0 Å². The average Bonchev–Trinajstić information content (AvgIpc) is 2.16. The molecule has 13 heavy (non-hydrogen) atoms. The summed E-state index contributed by atoms with van der Waals surface area (Å²) < 4.78 is 5.91. The summed E-state index contributed by atoms with van der Waals surface area (Å²) in [4.78, 5) is 11.4. The van der Waals surface area contributed by atoms with Crippen molar-refractivity contribution in [3.63, 3.8) is 0 Å². The zero-order valence-corrected chi connectivity index (χ0v) is 9.56. The first-order valence-corrected chi connectivity index (χ1v) is 5.09. The molecule has 70 valence electrons. The zero-order chi connectivity index (χ0) is 9.84. The Hall–Kier alpha value is -0.480. The Labute approximate surface area is 90.8 Å². The largest absolute Gasteiger partial charge is 0.496 e. The molecule has 0 spiro atoms. The third kappa shape index (κ3) is 2.48. The summed E-state index contributed by atoms with van der Waals surface area (Å²) >= 11 is 7.22. The summed E-state index contributed by atoms with van der Waals surface area (Å²) in [5, 5.41) is 0. The van der Waals surface area contributed by atoms with Crippen molar-refractivity contribution in [2.24, 2.45) is 0 Å². The van der Waals surface area contributed by atoms with E-state index in [4.69, 9.17) is 4.74 Å². The average molecular weight is 261 g/mol. The number of methoxy groups -OCH3 is 1. The van der Waals surface area contributed by atoms with E-state index in [2.05, 4.69) is 28.6 Å². The minimum Gasteiger partial charge on any atom is -0.496 e. The highest BCUT2D eigenvalue weighted by Gasteiger charge is 2.10. The number of benzene rings is 1. The molecule has 1 rings (SSSR count). The second-order valence-corrected chi connectivity index (χ2v) is 3.66. The van der Waals surface area contributed by atoms with Gasteiger partial charge < -0.3 is 4.74 Å². The van der Waals surface area contributed by atoms with Crippen LogP contribution in [0.5, 0.6) is 5.75 Å². The molecule has 0 atom stereocenters. The quantitative estimate of drug-likeness (QED) is 0.668. The number of ether oxygens (including phenoxy) is 1. The highest BCUT2D eigenvalue weighted by atomic mass is 79.9. The molecule has 0 aliphatic rings. The highest BCUT2D eigenvalue weighted by Crippen LogP contribution is 2.23. The van der Waals surface area contributed by atoms with Crippen LogP contribution in [0.4, 0.5) is 0 Å². The van der Waals surface area contributed by atoms with Crippen LogP contribution in [0.3, 0.4) is 0 Å². The van der Waals surface area contributed by atoms with Gasteiger partial charge in [-0.1, -0.05) is 15.9 Å². The number of halogens is 1. The summed E-state index contributed by atoms with van der Waals surface area (Å²) in [5.74, 6) is 0.732. The Kier molecular flexibility index (Phi) is 3.81. The van der Waals surface area contributed by atoms with Crippen LogP contribution in [0.15, 0.2) is 22.7 Å². The molecule has 0 saturated heterocycles. The lowest BCUT2D eigenvalue weighted by Crippen LogP contribution is -2.03. The summed E-state index contributed by atoms with van der Waals surface area (Å²) in [6.07, 6.45) is 0. The Morgan fingerprint density at radius 2 is 2.31 bits per heavy atom. The predicted molar refractivity (Wildman–Crippen MR) is 58.9 cm³/mol. The SMILES string of the molecule is COc1ccc(Br)cc1C(=O)CS. The molecule has 4 heteroatoms. The molecule has 0 N–H and O–H groups in total. The lowest BCUT2D eigenvalue weighted by molar-refractivity contribution is 0.102. The van der Waals surface area contributed by atoms with Gasteiger partial charge in [-0.05, 0) is 18.2 Å². The van der Waals surface area contributed by atoms with Gasteiger partial charge in [-0.2, -0.15) is 12.6 Å². The molecule has 1 aromatic carbocycles. The monoisotopic (exact) mass is 260 g/mol. The lowest BCUT2D eigenvalue weighted by Gasteiger charge is -2.06. The van der Waals surface area contributed by atoms with Gasteiger partial charge in [0.15, 0.2) is 5.78 Å². The minimum atomic E-state index is -0.0403. The van der Waals surface area contributed by atoms with Crippen molar-refractivity contribution in [1.82, 2.24) is 0 Å². The van der Waals surface area contributed by atoms with Crippen LogP contribution in [0.25, 0.3) is 0 Å². The number of ketones is 1. The number of carbonyl (C=O) groups excluding carboxylic acids is 1. The minimum absolute atomic E-state index is 0.0403. The van der Waals surface area contributed by atoms with Crippen LogP contribution in [0.1, 0.15) is 10.4 Å². The van der Waals surface area contributed by atoms with Gasteiger partial charge in [0.2, 0.25) is 0 Å². The molecule has 2 nitrogen and oxygen atoms in total. The van der Waals surface area contributed by atoms with Gasteiger partial charge in [-0.25, -0.2) is 0 Å². The van der Waals surface area contributed by atoms with Gasteiger partial charge in [-0.3, -0.25) is 4.79 Å². The van der Waals surface area contributed by atoms with E-state index in [0.717, 1.165) is 4.47 Å². The second-order valence-electron chi connectivity index (χ2n) is 2.43. The van der Waals surface area contributed by atoms with Gasteiger partial charge in [0.05, 0.1) is 18.4 Å². The number of hydrogen-bond donors (Lipinski definition) is 1. The summed E-state index contributed by atoms with van der Waals surface area (Å²) in [5.41, 5.74) is 0.562. The Balaban J connectivity index is 3.15. The zero-order valence-electron chi connectivity index (χ0n) is 7.08. The summed E-state index contributed by atoms with van der Waals surface area (Å²) in [6, 6.07) is 5.31. The van der Waals surface area contributed by atoms with Gasteiger partial charge in [0.1, 0.15) is 5.75 Å². The first-order valence-electron chi connectivity index (χ1n) is 3.66. The summed E-state index contributed by atoms with van der Waals surface area (Å²) in [6.45, 7) is 0.